The molecule has 29 heavy (non-hydrogen) atoms. The first-order valence-electron chi connectivity index (χ1n) is 10.4. The highest BCUT2D eigenvalue weighted by Crippen LogP contribution is 2.34. The monoisotopic (exact) mass is 388 g/mol. The Morgan fingerprint density at radius 1 is 0.793 bits per heavy atom. The van der Waals surface area contributed by atoms with E-state index in [0.29, 0.717) is 0 Å². The van der Waals surface area contributed by atoms with Gasteiger partial charge in [0.2, 0.25) is 0 Å². The molecule has 0 aliphatic rings. The van der Waals surface area contributed by atoms with Crippen LogP contribution in [0, 0.1) is 13.8 Å². The van der Waals surface area contributed by atoms with Crippen LogP contribution in [0.15, 0.2) is 66.7 Å². The number of rotatable bonds is 8. The van der Waals surface area contributed by atoms with Crippen LogP contribution in [-0.4, -0.2) is 7.11 Å². The topological polar surface area (TPSA) is 18.5 Å². The quantitative estimate of drug-likeness (QED) is 0.400. The highest BCUT2D eigenvalue weighted by atomic mass is 16.5. The number of para-hydroxylation sites is 1. The molecule has 0 aliphatic heterocycles. The highest BCUT2D eigenvalue weighted by Gasteiger charge is 2.22. The number of hydrogen-bond acceptors (Lipinski definition) is 2. The van der Waals surface area contributed by atoms with Crippen molar-refractivity contribution >= 4 is 0 Å². The summed E-state index contributed by atoms with van der Waals surface area (Å²) in [5, 5.41) is 0. The summed E-state index contributed by atoms with van der Waals surface area (Å²) >= 11 is 0. The average molecular weight is 389 g/mol. The number of ether oxygens (including phenoxy) is 2. The molecule has 3 aromatic carbocycles. The molecule has 0 aromatic heterocycles. The fraction of sp³-hybridized carbons (Fsp3) is 0.333. The standard InChI is InChI=1S/C27H32O2/c1-20-17-23(18-21(2)26(20)28-5)27(3,4)16-10-12-22-11-9-15-25(19-22)29-24-13-7-6-8-14-24/h6-9,11,13-15,17-19H,10,12,16H2,1-5H3. The van der Waals surface area contributed by atoms with Crippen LogP contribution in [0.25, 0.3) is 0 Å². The van der Waals surface area contributed by atoms with E-state index in [2.05, 4.69) is 58.0 Å². The molecule has 152 valence electrons. The van der Waals surface area contributed by atoms with Crippen LogP contribution in [-0.2, 0) is 11.8 Å². The molecule has 0 N–H and O–H groups in total. The molecule has 0 aliphatic carbocycles. The van der Waals surface area contributed by atoms with E-state index in [1.165, 1.54) is 22.3 Å². The Morgan fingerprint density at radius 3 is 2.10 bits per heavy atom. The van der Waals surface area contributed by atoms with Gasteiger partial charge in [-0.2, -0.15) is 0 Å². The molecule has 0 saturated heterocycles. The lowest BCUT2D eigenvalue weighted by Gasteiger charge is -2.27. The van der Waals surface area contributed by atoms with Gasteiger partial charge in [0.05, 0.1) is 7.11 Å². The summed E-state index contributed by atoms with van der Waals surface area (Å²) in [6, 6.07) is 22.9. The van der Waals surface area contributed by atoms with E-state index in [-0.39, 0.29) is 5.41 Å². The molecular formula is C27H32O2. The summed E-state index contributed by atoms with van der Waals surface area (Å²) in [5.41, 5.74) is 5.24. The van der Waals surface area contributed by atoms with E-state index in [1.807, 2.05) is 36.4 Å². The lowest BCUT2D eigenvalue weighted by Crippen LogP contribution is -2.18. The number of methoxy groups -OCH3 is 1. The molecule has 0 amide bonds. The summed E-state index contributed by atoms with van der Waals surface area (Å²) < 4.78 is 11.5. The second-order valence-electron chi connectivity index (χ2n) is 8.44. The molecule has 3 aromatic rings. The lowest BCUT2D eigenvalue weighted by atomic mass is 9.78. The summed E-state index contributed by atoms with van der Waals surface area (Å²) in [4.78, 5) is 0. The Morgan fingerprint density at radius 2 is 1.45 bits per heavy atom. The van der Waals surface area contributed by atoms with Crippen molar-refractivity contribution in [3.05, 3.63) is 89.0 Å². The first-order chi connectivity index (χ1) is 13.9. The summed E-state index contributed by atoms with van der Waals surface area (Å²) in [5.74, 6) is 2.77. The minimum Gasteiger partial charge on any atom is -0.496 e. The Hall–Kier alpha value is -2.74. The molecule has 0 bridgehead atoms. The number of aryl methyl sites for hydroxylation is 3. The third-order valence-corrected chi connectivity index (χ3v) is 5.59. The molecule has 0 atom stereocenters. The van der Waals surface area contributed by atoms with Crippen LogP contribution >= 0.6 is 0 Å². The third kappa shape index (κ3) is 5.41. The second kappa shape index (κ2) is 9.17. The third-order valence-electron chi connectivity index (χ3n) is 5.59. The van der Waals surface area contributed by atoms with Gasteiger partial charge in [0.15, 0.2) is 0 Å². The molecule has 2 nitrogen and oxygen atoms in total. The maximum Gasteiger partial charge on any atom is 0.127 e. The van der Waals surface area contributed by atoms with Crippen LogP contribution in [0.1, 0.15) is 48.9 Å². The molecule has 0 unspecified atom stereocenters. The largest absolute Gasteiger partial charge is 0.496 e. The van der Waals surface area contributed by atoms with Crippen molar-refractivity contribution in [3.8, 4) is 17.2 Å². The number of benzene rings is 3. The maximum absolute atomic E-state index is 5.97. The highest BCUT2D eigenvalue weighted by molar-refractivity contribution is 5.45. The maximum atomic E-state index is 5.97. The molecule has 0 saturated carbocycles. The van der Waals surface area contributed by atoms with Crippen molar-refractivity contribution in [3.63, 3.8) is 0 Å². The summed E-state index contributed by atoms with van der Waals surface area (Å²) in [6.07, 6.45) is 3.30. The van der Waals surface area contributed by atoms with Crippen molar-refractivity contribution < 1.29 is 9.47 Å². The van der Waals surface area contributed by atoms with Gasteiger partial charge in [0.1, 0.15) is 17.2 Å². The Balaban J connectivity index is 1.62. The van der Waals surface area contributed by atoms with E-state index in [1.54, 1.807) is 7.11 Å². The molecule has 0 fully saturated rings. The van der Waals surface area contributed by atoms with Gasteiger partial charge in [-0.3, -0.25) is 0 Å². The minimum absolute atomic E-state index is 0.125. The summed E-state index contributed by atoms with van der Waals surface area (Å²) in [7, 11) is 1.75. The van der Waals surface area contributed by atoms with E-state index < -0.39 is 0 Å². The van der Waals surface area contributed by atoms with Gasteiger partial charge in [-0.05, 0) is 85.0 Å². The molecule has 0 heterocycles. The Kier molecular flexibility index (Phi) is 6.64. The van der Waals surface area contributed by atoms with Gasteiger partial charge in [0.25, 0.3) is 0 Å². The van der Waals surface area contributed by atoms with E-state index >= 15 is 0 Å². The van der Waals surface area contributed by atoms with Crippen LogP contribution in [0.5, 0.6) is 17.2 Å². The van der Waals surface area contributed by atoms with Crippen LogP contribution in [0.2, 0.25) is 0 Å². The van der Waals surface area contributed by atoms with Crippen LogP contribution < -0.4 is 9.47 Å². The van der Waals surface area contributed by atoms with Crippen molar-refractivity contribution in [2.45, 2.75) is 52.4 Å². The SMILES string of the molecule is COc1c(C)cc(C(C)(C)CCCc2cccc(Oc3ccccc3)c2)cc1C. The van der Waals surface area contributed by atoms with Gasteiger partial charge in [0, 0.05) is 0 Å². The van der Waals surface area contributed by atoms with E-state index in [0.717, 1.165) is 36.5 Å². The predicted octanol–water partition coefficient (Wildman–Crippen LogP) is 7.40. The molecule has 0 radical (unpaired) electrons. The van der Waals surface area contributed by atoms with E-state index in [9.17, 15) is 0 Å². The fourth-order valence-corrected chi connectivity index (χ4v) is 3.93. The summed E-state index contributed by atoms with van der Waals surface area (Å²) in [6.45, 7) is 8.93. The average Bonchev–Trinajstić information content (AvgIpc) is 2.69. The zero-order chi connectivity index (χ0) is 20.9. The van der Waals surface area contributed by atoms with Crippen molar-refractivity contribution in [1.82, 2.24) is 0 Å². The van der Waals surface area contributed by atoms with Crippen LogP contribution in [0.4, 0.5) is 0 Å². The molecular weight excluding hydrogens is 356 g/mol. The Labute approximate surface area is 175 Å². The van der Waals surface area contributed by atoms with Gasteiger partial charge in [-0.1, -0.05) is 56.3 Å². The Bertz CT molecular complexity index is 919. The zero-order valence-corrected chi connectivity index (χ0v) is 18.3. The van der Waals surface area contributed by atoms with Gasteiger partial charge < -0.3 is 9.47 Å². The second-order valence-corrected chi connectivity index (χ2v) is 8.44. The molecule has 2 heteroatoms. The van der Waals surface area contributed by atoms with Gasteiger partial charge in [-0.15, -0.1) is 0 Å². The smallest absolute Gasteiger partial charge is 0.127 e. The zero-order valence-electron chi connectivity index (χ0n) is 18.3. The minimum atomic E-state index is 0.125. The lowest BCUT2D eigenvalue weighted by molar-refractivity contribution is 0.406. The molecule has 3 rings (SSSR count). The molecule has 0 spiro atoms. The first-order valence-corrected chi connectivity index (χ1v) is 10.4. The van der Waals surface area contributed by atoms with Crippen molar-refractivity contribution in [1.29, 1.82) is 0 Å². The van der Waals surface area contributed by atoms with Crippen molar-refractivity contribution in [2.24, 2.45) is 0 Å². The first kappa shape index (κ1) is 21.0. The number of hydrogen-bond donors (Lipinski definition) is 0. The van der Waals surface area contributed by atoms with Gasteiger partial charge in [-0.25, -0.2) is 0 Å². The van der Waals surface area contributed by atoms with Crippen LogP contribution in [0.3, 0.4) is 0 Å². The van der Waals surface area contributed by atoms with Gasteiger partial charge >= 0.3 is 0 Å². The normalized spacial score (nSPS) is 11.3. The van der Waals surface area contributed by atoms with E-state index in [4.69, 9.17) is 9.47 Å². The fourth-order valence-electron chi connectivity index (χ4n) is 3.93. The van der Waals surface area contributed by atoms with Crippen molar-refractivity contribution in [2.75, 3.05) is 7.11 Å². The predicted molar refractivity (Wildman–Crippen MR) is 121 cm³/mol.